The van der Waals surface area contributed by atoms with Crippen molar-refractivity contribution in [3.8, 4) is 0 Å². The van der Waals surface area contributed by atoms with Crippen LogP contribution in [0.5, 0.6) is 0 Å². The van der Waals surface area contributed by atoms with Gasteiger partial charge in [-0.1, -0.05) is 0 Å². The minimum absolute atomic E-state index is 0.172. The lowest BCUT2D eigenvalue weighted by atomic mass is 10.2. The summed E-state index contributed by atoms with van der Waals surface area (Å²) in [5.74, 6) is -1.06. The number of amides is 3. The van der Waals surface area contributed by atoms with Gasteiger partial charge in [-0.25, -0.2) is 13.6 Å². The van der Waals surface area contributed by atoms with Gasteiger partial charge in [-0.05, 0) is 48.5 Å². The molecular weight excluding hydrogens is 354 g/mol. The van der Waals surface area contributed by atoms with Crippen LogP contribution in [-0.2, 0) is 4.79 Å². The van der Waals surface area contributed by atoms with E-state index in [1.165, 1.54) is 36.4 Å². The Morgan fingerprint density at radius 3 is 2.00 bits per heavy atom. The van der Waals surface area contributed by atoms with Crippen LogP contribution in [0.3, 0.4) is 0 Å². The van der Waals surface area contributed by atoms with Gasteiger partial charge in [0.1, 0.15) is 11.6 Å². The van der Waals surface area contributed by atoms with Crippen LogP contribution in [0.4, 0.5) is 25.0 Å². The standard InChI is InChI=1S/C19H20F2N4O2/c20-14-1-5-16(6-2-14)23-18(26)13-22-19(27)25-11-9-24(10-12-25)17-7-3-15(21)4-8-17/h1-8H,9-13H2,(H,22,27)(H,23,26). The molecule has 0 bridgehead atoms. The molecule has 1 aliphatic heterocycles. The van der Waals surface area contributed by atoms with Crippen LogP contribution >= 0.6 is 0 Å². The van der Waals surface area contributed by atoms with Gasteiger partial charge in [0.2, 0.25) is 5.91 Å². The summed E-state index contributed by atoms with van der Waals surface area (Å²) in [6.07, 6.45) is 0. The molecule has 0 aliphatic carbocycles. The molecule has 3 rings (SSSR count). The van der Waals surface area contributed by atoms with Crippen molar-refractivity contribution in [3.63, 3.8) is 0 Å². The summed E-state index contributed by atoms with van der Waals surface area (Å²) in [6, 6.07) is 11.3. The molecule has 6 nitrogen and oxygen atoms in total. The summed E-state index contributed by atoms with van der Waals surface area (Å²) < 4.78 is 25.8. The Balaban J connectivity index is 1.42. The number of piperazine rings is 1. The summed E-state index contributed by atoms with van der Waals surface area (Å²) in [5, 5.41) is 5.16. The van der Waals surface area contributed by atoms with E-state index in [-0.39, 0.29) is 30.1 Å². The van der Waals surface area contributed by atoms with Crippen LogP contribution in [0.15, 0.2) is 48.5 Å². The van der Waals surface area contributed by atoms with Crippen LogP contribution in [-0.4, -0.2) is 49.6 Å². The fourth-order valence-electron chi connectivity index (χ4n) is 2.83. The van der Waals surface area contributed by atoms with Gasteiger partial charge in [0, 0.05) is 37.6 Å². The molecule has 8 heteroatoms. The zero-order valence-electron chi connectivity index (χ0n) is 14.6. The average molecular weight is 374 g/mol. The number of nitrogens with zero attached hydrogens (tertiary/aromatic N) is 2. The van der Waals surface area contributed by atoms with Crippen LogP contribution < -0.4 is 15.5 Å². The number of carbonyl (C=O) groups excluding carboxylic acids is 2. The van der Waals surface area contributed by atoms with Crippen molar-refractivity contribution in [1.82, 2.24) is 10.2 Å². The van der Waals surface area contributed by atoms with E-state index in [2.05, 4.69) is 15.5 Å². The maximum absolute atomic E-state index is 13.0. The summed E-state index contributed by atoms with van der Waals surface area (Å²) in [4.78, 5) is 27.8. The minimum Gasteiger partial charge on any atom is -0.368 e. The predicted octanol–water partition coefficient (Wildman–Crippen LogP) is 2.44. The van der Waals surface area contributed by atoms with E-state index < -0.39 is 0 Å². The number of anilines is 2. The molecule has 0 unspecified atom stereocenters. The Hall–Kier alpha value is -3.16. The number of rotatable bonds is 4. The van der Waals surface area contributed by atoms with Crippen molar-refractivity contribution in [2.75, 3.05) is 42.9 Å². The average Bonchev–Trinajstić information content (AvgIpc) is 2.69. The minimum atomic E-state index is -0.389. The maximum atomic E-state index is 13.0. The summed E-state index contributed by atoms with van der Waals surface area (Å²) in [7, 11) is 0. The molecule has 2 aromatic rings. The van der Waals surface area contributed by atoms with Crippen molar-refractivity contribution in [1.29, 1.82) is 0 Å². The largest absolute Gasteiger partial charge is 0.368 e. The zero-order valence-corrected chi connectivity index (χ0v) is 14.6. The van der Waals surface area contributed by atoms with E-state index in [1.54, 1.807) is 17.0 Å². The molecule has 1 aliphatic rings. The van der Waals surface area contributed by atoms with Crippen molar-refractivity contribution >= 4 is 23.3 Å². The van der Waals surface area contributed by atoms with Gasteiger partial charge in [0.25, 0.3) is 0 Å². The van der Waals surface area contributed by atoms with Crippen molar-refractivity contribution < 1.29 is 18.4 Å². The van der Waals surface area contributed by atoms with Gasteiger partial charge >= 0.3 is 6.03 Å². The first kappa shape index (κ1) is 18.6. The molecular formula is C19H20F2N4O2. The highest BCUT2D eigenvalue weighted by Crippen LogP contribution is 2.16. The Morgan fingerprint density at radius 2 is 1.41 bits per heavy atom. The topological polar surface area (TPSA) is 64.7 Å². The second-order valence-electron chi connectivity index (χ2n) is 6.16. The Kier molecular flexibility index (Phi) is 5.85. The summed E-state index contributed by atoms with van der Waals surface area (Å²) in [6.45, 7) is 2.08. The number of carbonyl (C=O) groups is 2. The lowest BCUT2D eigenvalue weighted by Crippen LogP contribution is -2.52. The van der Waals surface area contributed by atoms with Crippen molar-refractivity contribution in [2.24, 2.45) is 0 Å². The van der Waals surface area contributed by atoms with E-state index in [1.807, 2.05) is 0 Å². The SMILES string of the molecule is O=C(CNC(=O)N1CCN(c2ccc(F)cc2)CC1)Nc1ccc(F)cc1. The fourth-order valence-corrected chi connectivity index (χ4v) is 2.83. The third-order valence-electron chi connectivity index (χ3n) is 4.29. The van der Waals surface area contributed by atoms with Crippen LogP contribution in [0.1, 0.15) is 0 Å². The van der Waals surface area contributed by atoms with Gasteiger partial charge in [0.15, 0.2) is 0 Å². The maximum Gasteiger partial charge on any atom is 0.317 e. The van der Waals surface area contributed by atoms with E-state index in [0.717, 1.165) is 5.69 Å². The number of hydrogen-bond acceptors (Lipinski definition) is 3. The van der Waals surface area contributed by atoms with Gasteiger partial charge in [0.05, 0.1) is 6.54 Å². The first-order valence-corrected chi connectivity index (χ1v) is 8.60. The van der Waals surface area contributed by atoms with Crippen LogP contribution in [0.25, 0.3) is 0 Å². The third-order valence-corrected chi connectivity index (χ3v) is 4.29. The van der Waals surface area contributed by atoms with Crippen LogP contribution in [0, 0.1) is 11.6 Å². The molecule has 3 amide bonds. The monoisotopic (exact) mass is 374 g/mol. The molecule has 0 radical (unpaired) electrons. The smallest absolute Gasteiger partial charge is 0.317 e. The second kappa shape index (κ2) is 8.48. The zero-order chi connectivity index (χ0) is 19.2. The highest BCUT2D eigenvalue weighted by atomic mass is 19.1. The highest BCUT2D eigenvalue weighted by Gasteiger charge is 2.21. The summed E-state index contributed by atoms with van der Waals surface area (Å²) >= 11 is 0. The third kappa shape index (κ3) is 5.16. The van der Waals surface area contributed by atoms with Crippen LogP contribution in [0.2, 0.25) is 0 Å². The molecule has 142 valence electrons. The van der Waals surface area contributed by atoms with Gasteiger partial charge in [-0.3, -0.25) is 4.79 Å². The van der Waals surface area contributed by atoms with E-state index in [9.17, 15) is 18.4 Å². The lowest BCUT2D eigenvalue weighted by Gasteiger charge is -2.36. The number of benzene rings is 2. The molecule has 1 fully saturated rings. The number of urea groups is 1. The van der Waals surface area contributed by atoms with Gasteiger partial charge < -0.3 is 20.4 Å². The van der Waals surface area contributed by atoms with E-state index >= 15 is 0 Å². The highest BCUT2D eigenvalue weighted by molar-refractivity contribution is 5.94. The normalized spacial score (nSPS) is 14.0. The Morgan fingerprint density at radius 1 is 0.852 bits per heavy atom. The fraction of sp³-hybridized carbons (Fsp3) is 0.263. The number of nitrogens with one attached hydrogen (secondary N) is 2. The van der Waals surface area contributed by atoms with Gasteiger partial charge in [-0.15, -0.1) is 0 Å². The lowest BCUT2D eigenvalue weighted by molar-refractivity contribution is -0.115. The molecule has 0 aromatic heterocycles. The molecule has 1 heterocycles. The molecule has 0 spiro atoms. The molecule has 0 saturated carbocycles. The first-order valence-electron chi connectivity index (χ1n) is 8.60. The Labute approximate surface area is 155 Å². The molecule has 0 atom stereocenters. The van der Waals surface area contributed by atoms with E-state index in [4.69, 9.17) is 0 Å². The van der Waals surface area contributed by atoms with Crippen molar-refractivity contribution in [3.05, 3.63) is 60.2 Å². The van der Waals surface area contributed by atoms with Gasteiger partial charge in [-0.2, -0.15) is 0 Å². The number of hydrogen-bond donors (Lipinski definition) is 2. The molecule has 2 aromatic carbocycles. The van der Waals surface area contributed by atoms with Crippen molar-refractivity contribution in [2.45, 2.75) is 0 Å². The molecule has 1 saturated heterocycles. The second-order valence-corrected chi connectivity index (χ2v) is 6.16. The first-order chi connectivity index (χ1) is 13.0. The quantitative estimate of drug-likeness (QED) is 0.864. The molecule has 2 N–H and O–H groups in total. The van der Waals surface area contributed by atoms with E-state index in [0.29, 0.717) is 31.9 Å². The summed E-state index contributed by atoms with van der Waals surface area (Å²) in [5.41, 5.74) is 1.37. The predicted molar refractivity (Wildman–Crippen MR) is 98.6 cm³/mol. The number of halogens is 2. The molecule has 27 heavy (non-hydrogen) atoms. The Bertz CT molecular complexity index is 788.